The maximum Gasteiger partial charge on any atom is 0.0480 e. The molecular formula is C14H26N2O. The summed E-state index contributed by atoms with van der Waals surface area (Å²) in [5.74, 6) is 1.83. The van der Waals surface area contributed by atoms with Crippen molar-refractivity contribution in [3.8, 4) is 0 Å². The second-order valence-corrected chi connectivity index (χ2v) is 6.34. The summed E-state index contributed by atoms with van der Waals surface area (Å²) in [4.78, 5) is 2.65. The maximum absolute atomic E-state index is 6.19. The molecule has 0 amide bonds. The summed E-state index contributed by atoms with van der Waals surface area (Å²) in [6.07, 6.45) is 8.03. The minimum Gasteiger partial charge on any atom is -0.381 e. The van der Waals surface area contributed by atoms with E-state index in [1.807, 2.05) is 0 Å². The molecule has 0 spiro atoms. The van der Waals surface area contributed by atoms with Gasteiger partial charge in [0.15, 0.2) is 0 Å². The minimum atomic E-state index is 0.324. The van der Waals surface area contributed by atoms with Gasteiger partial charge in [0, 0.05) is 31.3 Å². The number of rotatable bonds is 3. The van der Waals surface area contributed by atoms with Gasteiger partial charge in [0.25, 0.3) is 0 Å². The minimum absolute atomic E-state index is 0.324. The third-order valence-electron chi connectivity index (χ3n) is 5.74. The highest BCUT2D eigenvalue weighted by atomic mass is 16.5. The van der Waals surface area contributed by atoms with Gasteiger partial charge in [0.1, 0.15) is 0 Å². The van der Waals surface area contributed by atoms with Gasteiger partial charge in [-0.2, -0.15) is 0 Å². The molecule has 3 heteroatoms. The Balaban J connectivity index is 1.75. The molecule has 0 radical (unpaired) electrons. The molecule has 2 N–H and O–H groups in total. The van der Waals surface area contributed by atoms with E-state index in [1.54, 1.807) is 0 Å². The van der Waals surface area contributed by atoms with Crippen LogP contribution in [0.4, 0.5) is 0 Å². The summed E-state index contributed by atoms with van der Waals surface area (Å²) >= 11 is 0. The van der Waals surface area contributed by atoms with E-state index in [0.717, 1.165) is 31.6 Å². The lowest BCUT2D eigenvalue weighted by atomic mass is 9.78. The largest absolute Gasteiger partial charge is 0.381 e. The number of likely N-dealkylation sites (N-methyl/N-ethyl adjacent to an activating group) is 1. The fourth-order valence-electron chi connectivity index (χ4n) is 4.68. The van der Waals surface area contributed by atoms with Crippen LogP contribution in [0.25, 0.3) is 0 Å². The first-order valence-corrected chi connectivity index (χ1v) is 7.27. The highest BCUT2D eigenvalue weighted by Crippen LogP contribution is 2.53. The van der Waals surface area contributed by atoms with Gasteiger partial charge in [-0.1, -0.05) is 6.42 Å². The monoisotopic (exact) mass is 238 g/mol. The van der Waals surface area contributed by atoms with Gasteiger partial charge in [-0.05, 0) is 51.0 Å². The first-order valence-electron chi connectivity index (χ1n) is 7.27. The van der Waals surface area contributed by atoms with Crippen molar-refractivity contribution in [3.63, 3.8) is 0 Å². The highest BCUT2D eigenvalue weighted by molar-refractivity contribution is 5.08. The fourth-order valence-corrected chi connectivity index (χ4v) is 4.68. The zero-order valence-electron chi connectivity index (χ0n) is 11.0. The first kappa shape index (κ1) is 11.9. The van der Waals surface area contributed by atoms with Gasteiger partial charge >= 0.3 is 0 Å². The summed E-state index contributed by atoms with van der Waals surface area (Å²) in [7, 11) is 2.32. The third kappa shape index (κ3) is 1.83. The molecule has 0 aromatic carbocycles. The van der Waals surface area contributed by atoms with Gasteiger partial charge in [0.2, 0.25) is 0 Å². The molecule has 3 rings (SSSR count). The summed E-state index contributed by atoms with van der Waals surface area (Å²) in [6.45, 7) is 2.72. The number of nitrogens with two attached hydrogens (primary N) is 1. The van der Waals surface area contributed by atoms with Crippen molar-refractivity contribution in [1.82, 2.24) is 4.90 Å². The van der Waals surface area contributed by atoms with Crippen LogP contribution in [0.1, 0.15) is 38.5 Å². The SMILES string of the molecule is CN(C1CCOCC1)C1(CN)CC2CCC1C2. The lowest BCUT2D eigenvalue weighted by Gasteiger charge is -2.49. The fraction of sp³-hybridized carbons (Fsp3) is 1.00. The standard InChI is InChI=1S/C14H26N2O/c1-16(13-4-6-17-7-5-13)14(10-15)9-11-2-3-12(14)8-11/h11-13H,2-10,15H2,1H3. The Kier molecular flexibility index (Phi) is 3.18. The van der Waals surface area contributed by atoms with E-state index < -0.39 is 0 Å². The average Bonchev–Trinajstić information content (AvgIpc) is 2.99. The zero-order valence-corrected chi connectivity index (χ0v) is 11.0. The van der Waals surface area contributed by atoms with Crippen LogP contribution in [-0.2, 0) is 4.74 Å². The predicted octanol–water partition coefficient (Wildman–Crippen LogP) is 1.61. The molecule has 2 bridgehead atoms. The van der Waals surface area contributed by atoms with Gasteiger partial charge < -0.3 is 10.5 Å². The van der Waals surface area contributed by atoms with Crippen molar-refractivity contribution in [2.24, 2.45) is 17.6 Å². The Morgan fingerprint density at radius 1 is 1.24 bits per heavy atom. The molecule has 1 aliphatic heterocycles. The molecular weight excluding hydrogens is 212 g/mol. The zero-order chi connectivity index (χ0) is 11.9. The molecule has 98 valence electrons. The number of nitrogens with zero attached hydrogens (tertiary/aromatic N) is 1. The Hall–Kier alpha value is -0.120. The molecule has 3 aliphatic rings. The lowest BCUT2D eigenvalue weighted by molar-refractivity contribution is -0.0236. The van der Waals surface area contributed by atoms with Crippen molar-refractivity contribution in [2.75, 3.05) is 26.8 Å². The molecule has 17 heavy (non-hydrogen) atoms. The van der Waals surface area contributed by atoms with Gasteiger partial charge in [-0.3, -0.25) is 4.90 Å². The Labute approximate surface area is 105 Å². The summed E-state index contributed by atoms with van der Waals surface area (Å²) in [6, 6.07) is 0.701. The molecule has 3 unspecified atom stereocenters. The topological polar surface area (TPSA) is 38.5 Å². The van der Waals surface area contributed by atoms with Crippen molar-refractivity contribution in [1.29, 1.82) is 0 Å². The average molecular weight is 238 g/mol. The van der Waals surface area contributed by atoms with Crippen LogP contribution < -0.4 is 5.73 Å². The van der Waals surface area contributed by atoms with E-state index in [0.29, 0.717) is 11.6 Å². The summed E-state index contributed by atoms with van der Waals surface area (Å²) in [5, 5.41) is 0. The normalized spacial score (nSPS) is 42.5. The van der Waals surface area contributed by atoms with Crippen molar-refractivity contribution < 1.29 is 4.74 Å². The molecule has 3 nitrogen and oxygen atoms in total. The van der Waals surface area contributed by atoms with E-state index in [2.05, 4.69) is 11.9 Å². The molecule has 2 aliphatic carbocycles. The van der Waals surface area contributed by atoms with Crippen LogP contribution in [0.2, 0.25) is 0 Å². The summed E-state index contributed by atoms with van der Waals surface area (Å²) in [5.41, 5.74) is 6.51. The van der Waals surface area contributed by atoms with Gasteiger partial charge in [-0.25, -0.2) is 0 Å². The Morgan fingerprint density at radius 3 is 2.53 bits per heavy atom. The molecule has 2 saturated carbocycles. The van der Waals surface area contributed by atoms with Gasteiger partial charge in [-0.15, -0.1) is 0 Å². The van der Waals surface area contributed by atoms with Crippen LogP contribution in [0, 0.1) is 11.8 Å². The van der Waals surface area contributed by atoms with Gasteiger partial charge in [0.05, 0.1) is 0 Å². The Morgan fingerprint density at radius 2 is 2.00 bits per heavy atom. The van der Waals surface area contributed by atoms with Crippen LogP contribution in [0.15, 0.2) is 0 Å². The number of hydrogen-bond acceptors (Lipinski definition) is 3. The van der Waals surface area contributed by atoms with Crippen molar-refractivity contribution >= 4 is 0 Å². The predicted molar refractivity (Wildman–Crippen MR) is 68.8 cm³/mol. The number of hydrogen-bond donors (Lipinski definition) is 1. The second-order valence-electron chi connectivity index (χ2n) is 6.34. The second kappa shape index (κ2) is 4.52. The quantitative estimate of drug-likeness (QED) is 0.812. The number of fused-ring (bicyclic) bond motifs is 2. The third-order valence-corrected chi connectivity index (χ3v) is 5.74. The maximum atomic E-state index is 6.19. The molecule has 1 heterocycles. The molecule has 3 atom stereocenters. The van der Waals surface area contributed by atoms with E-state index in [-0.39, 0.29) is 0 Å². The first-order chi connectivity index (χ1) is 8.26. The Bertz CT molecular complexity index is 277. The van der Waals surface area contributed by atoms with Crippen molar-refractivity contribution in [3.05, 3.63) is 0 Å². The van der Waals surface area contributed by atoms with E-state index in [1.165, 1.54) is 38.5 Å². The molecule has 0 aromatic rings. The lowest BCUT2D eigenvalue weighted by Crippen LogP contribution is -2.59. The van der Waals surface area contributed by atoms with Crippen LogP contribution >= 0.6 is 0 Å². The van der Waals surface area contributed by atoms with Crippen LogP contribution in [0.5, 0.6) is 0 Å². The van der Waals surface area contributed by atoms with Crippen molar-refractivity contribution in [2.45, 2.75) is 50.1 Å². The smallest absolute Gasteiger partial charge is 0.0480 e. The molecule has 3 fully saturated rings. The van der Waals surface area contributed by atoms with Crippen LogP contribution in [0.3, 0.4) is 0 Å². The number of ether oxygens (including phenoxy) is 1. The van der Waals surface area contributed by atoms with E-state index >= 15 is 0 Å². The van der Waals surface area contributed by atoms with E-state index in [4.69, 9.17) is 10.5 Å². The summed E-state index contributed by atoms with van der Waals surface area (Å²) < 4.78 is 5.48. The van der Waals surface area contributed by atoms with Crippen LogP contribution in [-0.4, -0.2) is 43.3 Å². The molecule has 1 saturated heterocycles. The highest BCUT2D eigenvalue weighted by Gasteiger charge is 2.53. The van der Waals surface area contributed by atoms with E-state index in [9.17, 15) is 0 Å². The molecule has 0 aromatic heterocycles.